The minimum absolute atomic E-state index is 0.0321. The number of aliphatic hydroxyl groups is 2. The lowest BCUT2D eigenvalue weighted by molar-refractivity contribution is -0.385. The van der Waals surface area contributed by atoms with E-state index in [1.165, 1.54) is 25.1 Å². The van der Waals surface area contributed by atoms with Crippen LogP contribution in [0.15, 0.2) is 18.2 Å². The van der Waals surface area contributed by atoms with Gasteiger partial charge in [-0.2, -0.15) is 0 Å². The molecule has 0 aliphatic carbocycles. The van der Waals surface area contributed by atoms with Crippen LogP contribution in [0.3, 0.4) is 0 Å². The highest BCUT2D eigenvalue weighted by atomic mass is 32.2. The lowest BCUT2D eigenvalue weighted by Crippen LogP contribution is -2.20. The van der Waals surface area contributed by atoms with Gasteiger partial charge in [0.2, 0.25) is 0 Å². The van der Waals surface area contributed by atoms with E-state index in [1.807, 2.05) is 0 Å². The minimum atomic E-state index is -1.42. The number of rotatable bonds is 6. The van der Waals surface area contributed by atoms with Gasteiger partial charge in [-0.25, -0.2) is 0 Å². The Morgan fingerprint density at radius 2 is 2.15 bits per heavy atom. The highest BCUT2D eigenvalue weighted by molar-refractivity contribution is 8.13. The first kappa shape index (κ1) is 16.4. The zero-order chi connectivity index (χ0) is 15.3. The number of benzene rings is 1. The molecular weight excluding hydrogens is 284 g/mol. The zero-order valence-corrected chi connectivity index (χ0v) is 11.7. The fourth-order valence-electron chi connectivity index (χ4n) is 1.72. The summed E-state index contributed by atoms with van der Waals surface area (Å²) < 4.78 is 0. The maximum atomic E-state index is 11.0. The Morgan fingerprint density at radius 1 is 1.50 bits per heavy atom. The number of aliphatic hydroxyl groups excluding tert-OH is 2. The van der Waals surface area contributed by atoms with Gasteiger partial charge in [0.1, 0.15) is 11.8 Å². The molecule has 8 heteroatoms. The van der Waals surface area contributed by atoms with Crippen molar-refractivity contribution in [2.75, 3.05) is 11.5 Å². The number of nitro groups is 1. The molecule has 1 aromatic carbocycles. The fourth-order valence-corrected chi connectivity index (χ4v) is 2.36. The van der Waals surface area contributed by atoms with Crippen molar-refractivity contribution in [2.45, 2.75) is 25.6 Å². The second-order valence-electron chi connectivity index (χ2n) is 4.18. The summed E-state index contributed by atoms with van der Waals surface area (Å²) in [4.78, 5) is 21.0. The molecule has 110 valence electrons. The van der Waals surface area contributed by atoms with Crippen LogP contribution in [0.2, 0.25) is 0 Å². The number of hydrogen-bond donors (Lipinski definition) is 3. The third-order valence-electron chi connectivity index (χ3n) is 2.68. The monoisotopic (exact) mass is 300 g/mol. The van der Waals surface area contributed by atoms with Gasteiger partial charge in [-0.3, -0.25) is 14.9 Å². The molecular formula is C12H16N2O5S. The molecule has 0 aromatic heterocycles. The standard InChI is InChI=1S/C12H16N2O5S/c1-7(15)20-6-5-10(16)12(17)8-3-2-4-9(13)11(8)14(18)19/h2-4,10,12,16-17H,5-6,13H2,1H3. The van der Waals surface area contributed by atoms with Crippen LogP contribution in [0.4, 0.5) is 11.4 Å². The number of para-hydroxylation sites is 1. The van der Waals surface area contributed by atoms with Crippen molar-refractivity contribution < 1.29 is 19.9 Å². The van der Waals surface area contributed by atoms with Crippen molar-refractivity contribution in [3.8, 4) is 0 Å². The molecule has 1 rings (SSSR count). The first-order chi connectivity index (χ1) is 9.34. The highest BCUT2D eigenvalue weighted by Gasteiger charge is 2.27. The number of carbonyl (C=O) groups excluding carboxylic acids is 1. The van der Waals surface area contributed by atoms with Crippen LogP contribution >= 0.6 is 11.8 Å². The molecule has 2 unspecified atom stereocenters. The van der Waals surface area contributed by atoms with Gasteiger partial charge in [0.25, 0.3) is 5.69 Å². The Kier molecular flexibility index (Phi) is 5.93. The molecule has 0 bridgehead atoms. The molecule has 4 N–H and O–H groups in total. The molecule has 0 radical (unpaired) electrons. The minimum Gasteiger partial charge on any atom is -0.393 e. The van der Waals surface area contributed by atoms with Crippen molar-refractivity contribution in [1.82, 2.24) is 0 Å². The first-order valence-electron chi connectivity index (χ1n) is 5.87. The molecule has 0 aliphatic heterocycles. The molecule has 0 aliphatic rings. The Labute approximate surface area is 119 Å². The van der Waals surface area contributed by atoms with Gasteiger partial charge < -0.3 is 15.9 Å². The van der Waals surface area contributed by atoms with E-state index in [2.05, 4.69) is 0 Å². The van der Waals surface area contributed by atoms with E-state index in [0.29, 0.717) is 5.75 Å². The summed E-state index contributed by atoms with van der Waals surface area (Å²) in [6, 6.07) is 4.17. The van der Waals surface area contributed by atoms with Gasteiger partial charge in [-0.05, 0) is 18.6 Å². The highest BCUT2D eigenvalue weighted by Crippen LogP contribution is 2.33. The average Bonchev–Trinajstić information content (AvgIpc) is 2.36. The van der Waals surface area contributed by atoms with Crippen molar-refractivity contribution in [3.05, 3.63) is 33.9 Å². The van der Waals surface area contributed by atoms with E-state index in [9.17, 15) is 25.1 Å². The van der Waals surface area contributed by atoms with Crippen molar-refractivity contribution in [3.63, 3.8) is 0 Å². The molecule has 20 heavy (non-hydrogen) atoms. The second kappa shape index (κ2) is 7.22. The van der Waals surface area contributed by atoms with Crippen LogP contribution in [0.25, 0.3) is 0 Å². The van der Waals surface area contributed by atoms with Crippen LogP contribution in [0.1, 0.15) is 25.0 Å². The molecule has 2 atom stereocenters. The largest absolute Gasteiger partial charge is 0.393 e. The van der Waals surface area contributed by atoms with Crippen LogP contribution in [-0.2, 0) is 4.79 Å². The third-order valence-corrected chi connectivity index (χ3v) is 3.53. The number of thioether (sulfide) groups is 1. The Bertz CT molecular complexity index is 509. The van der Waals surface area contributed by atoms with Gasteiger partial charge >= 0.3 is 0 Å². The predicted octanol–water partition coefficient (Wildman–Crippen LogP) is 1.24. The SMILES string of the molecule is CC(=O)SCCC(O)C(O)c1cccc(N)c1[N+](=O)[O-]. The summed E-state index contributed by atoms with van der Waals surface area (Å²) in [5.41, 5.74) is 5.01. The summed E-state index contributed by atoms with van der Waals surface area (Å²) in [5, 5.41) is 30.7. The van der Waals surface area contributed by atoms with Crippen molar-refractivity contribution >= 4 is 28.3 Å². The maximum Gasteiger partial charge on any atom is 0.297 e. The molecule has 0 heterocycles. The second-order valence-corrected chi connectivity index (χ2v) is 5.45. The molecule has 0 amide bonds. The molecule has 0 spiro atoms. The van der Waals surface area contributed by atoms with Crippen LogP contribution in [-0.4, -0.2) is 32.1 Å². The Hall–Kier alpha value is -1.64. The topological polar surface area (TPSA) is 127 Å². The molecule has 0 saturated heterocycles. The van der Waals surface area contributed by atoms with Gasteiger partial charge in [0.15, 0.2) is 5.12 Å². The fraction of sp³-hybridized carbons (Fsp3) is 0.417. The van der Waals surface area contributed by atoms with Gasteiger partial charge in [0.05, 0.1) is 16.6 Å². The Morgan fingerprint density at radius 3 is 2.70 bits per heavy atom. The molecule has 1 aromatic rings. The van der Waals surface area contributed by atoms with E-state index < -0.39 is 22.8 Å². The smallest absolute Gasteiger partial charge is 0.297 e. The lowest BCUT2D eigenvalue weighted by atomic mass is 10.00. The predicted molar refractivity (Wildman–Crippen MR) is 76.2 cm³/mol. The van der Waals surface area contributed by atoms with Crippen molar-refractivity contribution in [2.24, 2.45) is 0 Å². The number of hydrogen-bond acceptors (Lipinski definition) is 7. The summed E-state index contributed by atoms with van der Waals surface area (Å²) >= 11 is 1.02. The maximum absolute atomic E-state index is 11.0. The first-order valence-corrected chi connectivity index (χ1v) is 6.85. The molecule has 0 fully saturated rings. The number of nitrogen functional groups attached to an aromatic ring is 1. The van der Waals surface area contributed by atoms with Gasteiger partial charge in [-0.15, -0.1) is 0 Å². The zero-order valence-electron chi connectivity index (χ0n) is 10.9. The van der Waals surface area contributed by atoms with Gasteiger partial charge in [-0.1, -0.05) is 17.8 Å². The summed E-state index contributed by atoms with van der Waals surface area (Å²) in [5.74, 6) is 0.323. The van der Waals surface area contributed by atoms with Gasteiger partial charge in [0, 0.05) is 12.7 Å². The number of nitrogens with zero attached hydrogens (tertiary/aromatic N) is 1. The summed E-state index contributed by atoms with van der Waals surface area (Å²) in [6.07, 6.45) is -2.49. The summed E-state index contributed by atoms with van der Waals surface area (Å²) in [7, 11) is 0. The van der Waals surface area contributed by atoms with Crippen LogP contribution < -0.4 is 5.73 Å². The number of nitro benzene ring substituents is 1. The van der Waals surface area contributed by atoms with Crippen molar-refractivity contribution in [1.29, 1.82) is 0 Å². The van der Waals surface area contributed by atoms with Crippen LogP contribution in [0, 0.1) is 10.1 Å². The summed E-state index contributed by atoms with van der Waals surface area (Å²) in [6.45, 7) is 1.40. The van der Waals surface area contributed by atoms with E-state index >= 15 is 0 Å². The molecule has 7 nitrogen and oxygen atoms in total. The molecule has 0 saturated carbocycles. The number of nitrogens with two attached hydrogens (primary N) is 1. The van der Waals surface area contributed by atoms with E-state index in [-0.39, 0.29) is 22.8 Å². The lowest BCUT2D eigenvalue weighted by Gasteiger charge is -2.18. The van der Waals surface area contributed by atoms with E-state index in [4.69, 9.17) is 5.73 Å². The quantitative estimate of drug-likeness (QED) is 0.410. The van der Waals surface area contributed by atoms with E-state index in [1.54, 1.807) is 0 Å². The van der Waals surface area contributed by atoms with E-state index in [0.717, 1.165) is 11.8 Å². The number of anilines is 1. The third kappa shape index (κ3) is 4.19. The van der Waals surface area contributed by atoms with Crippen LogP contribution in [0.5, 0.6) is 0 Å². The number of carbonyl (C=O) groups is 1. The Balaban J connectivity index is 2.86. The average molecular weight is 300 g/mol. The normalized spacial score (nSPS) is 13.8.